The molecule has 2 amide bonds. The van der Waals surface area contributed by atoms with Gasteiger partial charge in [-0.05, 0) is 43.3 Å². The number of hydrogen-bond donors (Lipinski definition) is 2. The lowest BCUT2D eigenvalue weighted by Crippen LogP contribution is -2.60. The molecular formula is C19H22ClN3O5S. The minimum atomic E-state index is -0.854. The standard InChI is InChI=1S/C19H22ClN3O5S/c20-13-4-1-3-12(9-13)17(25)22-19(29)23-7-6-21-18(26)15(23)10-16(24)28-11-14-5-2-8-27-14/h1,3-4,9,14-15H,2,5-8,10-11H2,(H,21,26)(H,22,25,29)/t14-,15-/m0/s1. The Hall–Kier alpha value is -2.23. The predicted molar refractivity (Wildman–Crippen MR) is 110 cm³/mol. The summed E-state index contributed by atoms with van der Waals surface area (Å²) in [4.78, 5) is 38.5. The van der Waals surface area contributed by atoms with E-state index in [-0.39, 0.29) is 30.2 Å². The third-order valence-corrected chi connectivity index (χ3v) is 5.28. The Balaban J connectivity index is 1.59. The molecule has 0 unspecified atom stereocenters. The van der Waals surface area contributed by atoms with E-state index >= 15 is 0 Å². The van der Waals surface area contributed by atoms with Crippen molar-refractivity contribution in [1.29, 1.82) is 0 Å². The van der Waals surface area contributed by atoms with Crippen LogP contribution in [0.2, 0.25) is 5.02 Å². The molecule has 2 fully saturated rings. The van der Waals surface area contributed by atoms with Crippen LogP contribution in [-0.2, 0) is 19.1 Å². The summed E-state index contributed by atoms with van der Waals surface area (Å²) in [6, 6.07) is 5.58. The minimum absolute atomic E-state index is 0.0711. The Morgan fingerprint density at radius 3 is 2.97 bits per heavy atom. The van der Waals surface area contributed by atoms with Gasteiger partial charge in [-0.25, -0.2) is 0 Å². The fourth-order valence-electron chi connectivity index (χ4n) is 3.21. The van der Waals surface area contributed by atoms with Crippen LogP contribution in [0.25, 0.3) is 0 Å². The number of thiocarbonyl (C=S) groups is 1. The molecule has 2 aliphatic rings. The van der Waals surface area contributed by atoms with E-state index in [1.165, 1.54) is 11.0 Å². The lowest BCUT2D eigenvalue weighted by Gasteiger charge is -2.36. The van der Waals surface area contributed by atoms with Crippen molar-refractivity contribution in [1.82, 2.24) is 15.5 Å². The van der Waals surface area contributed by atoms with Crippen LogP contribution in [0.4, 0.5) is 0 Å². The van der Waals surface area contributed by atoms with E-state index in [4.69, 9.17) is 33.3 Å². The molecule has 2 aliphatic heterocycles. The molecular weight excluding hydrogens is 418 g/mol. The predicted octanol–water partition coefficient (Wildman–Crippen LogP) is 1.27. The van der Waals surface area contributed by atoms with Crippen molar-refractivity contribution < 1.29 is 23.9 Å². The highest BCUT2D eigenvalue weighted by atomic mass is 35.5. The van der Waals surface area contributed by atoms with E-state index in [0.29, 0.717) is 30.3 Å². The van der Waals surface area contributed by atoms with Crippen LogP contribution in [0.3, 0.4) is 0 Å². The number of benzene rings is 1. The molecule has 0 spiro atoms. The first kappa shape index (κ1) is 21.5. The molecule has 156 valence electrons. The monoisotopic (exact) mass is 439 g/mol. The van der Waals surface area contributed by atoms with Crippen molar-refractivity contribution in [3.8, 4) is 0 Å². The lowest BCUT2D eigenvalue weighted by molar-refractivity contribution is -0.150. The first-order valence-electron chi connectivity index (χ1n) is 9.36. The van der Waals surface area contributed by atoms with E-state index in [0.717, 1.165) is 12.8 Å². The Kier molecular flexibility index (Phi) is 7.40. The molecule has 2 N–H and O–H groups in total. The van der Waals surface area contributed by atoms with Crippen LogP contribution < -0.4 is 10.6 Å². The highest BCUT2D eigenvalue weighted by Gasteiger charge is 2.34. The van der Waals surface area contributed by atoms with Crippen LogP contribution in [0.1, 0.15) is 29.6 Å². The highest BCUT2D eigenvalue weighted by molar-refractivity contribution is 7.80. The summed E-state index contributed by atoms with van der Waals surface area (Å²) in [7, 11) is 0. The molecule has 29 heavy (non-hydrogen) atoms. The van der Waals surface area contributed by atoms with Gasteiger partial charge < -0.3 is 19.7 Å². The van der Waals surface area contributed by atoms with Crippen molar-refractivity contribution in [2.75, 3.05) is 26.3 Å². The van der Waals surface area contributed by atoms with Gasteiger partial charge in [0.1, 0.15) is 12.6 Å². The number of ether oxygens (including phenoxy) is 2. The molecule has 0 radical (unpaired) electrons. The number of amides is 2. The molecule has 1 aromatic rings. The van der Waals surface area contributed by atoms with Crippen molar-refractivity contribution >= 4 is 46.7 Å². The van der Waals surface area contributed by atoms with Gasteiger partial charge in [0.15, 0.2) is 5.11 Å². The van der Waals surface area contributed by atoms with Gasteiger partial charge in [0.25, 0.3) is 5.91 Å². The zero-order chi connectivity index (χ0) is 20.8. The van der Waals surface area contributed by atoms with Gasteiger partial charge in [0.2, 0.25) is 5.91 Å². The number of nitrogens with one attached hydrogen (secondary N) is 2. The molecule has 10 heteroatoms. The minimum Gasteiger partial charge on any atom is -0.463 e. The fraction of sp³-hybridized carbons (Fsp3) is 0.474. The molecule has 8 nitrogen and oxygen atoms in total. The number of carbonyl (C=O) groups is 3. The highest BCUT2D eigenvalue weighted by Crippen LogP contribution is 2.15. The second-order valence-electron chi connectivity index (χ2n) is 6.79. The van der Waals surface area contributed by atoms with Gasteiger partial charge in [0, 0.05) is 30.3 Å². The Labute approximate surface area is 178 Å². The number of rotatable bonds is 5. The molecule has 2 saturated heterocycles. The number of esters is 1. The number of carbonyl (C=O) groups excluding carboxylic acids is 3. The molecule has 2 heterocycles. The van der Waals surface area contributed by atoms with Gasteiger partial charge >= 0.3 is 5.97 Å². The van der Waals surface area contributed by atoms with E-state index in [1.807, 2.05) is 0 Å². The second kappa shape index (κ2) is 10.00. The molecule has 1 aromatic carbocycles. The van der Waals surface area contributed by atoms with E-state index in [1.54, 1.807) is 18.2 Å². The summed E-state index contributed by atoms with van der Waals surface area (Å²) in [5, 5.41) is 5.81. The molecule has 0 saturated carbocycles. The average Bonchev–Trinajstić information content (AvgIpc) is 3.21. The molecule has 0 bridgehead atoms. The van der Waals surface area contributed by atoms with Crippen molar-refractivity contribution in [3.63, 3.8) is 0 Å². The third-order valence-electron chi connectivity index (χ3n) is 4.71. The summed E-state index contributed by atoms with van der Waals surface area (Å²) < 4.78 is 10.7. The van der Waals surface area contributed by atoms with Crippen LogP contribution in [0.5, 0.6) is 0 Å². The van der Waals surface area contributed by atoms with Crippen LogP contribution in [0, 0.1) is 0 Å². The number of nitrogens with zero attached hydrogens (tertiary/aromatic N) is 1. The number of piperazine rings is 1. The Morgan fingerprint density at radius 2 is 2.24 bits per heavy atom. The summed E-state index contributed by atoms with van der Waals surface area (Å²) >= 11 is 11.2. The normalized spacial score (nSPS) is 21.4. The largest absolute Gasteiger partial charge is 0.463 e. The van der Waals surface area contributed by atoms with Crippen molar-refractivity contribution in [3.05, 3.63) is 34.9 Å². The number of hydrogen-bond acceptors (Lipinski definition) is 6. The zero-order valence-electron chi connectivity index (χ0n) is 15.7. The van der Waals surface area contributed by atoms with E-state index in [9.17, 15) is 14.4 Å². The lowest BCUT2D eigenvalue weighted by atomic mass is 10.1. The summed E-state index contributed by atoms with van der Waals surface area (Å²) in [6.45, 7) is 1.56. The second-order valence-corrected chi connectivity index (χ2v) is 7.62. The number of halogens is 1. The fourth-order valence-corrected chi connectivity index (χ4v) is 3.71. The van der Waals surface area contributed by atoms with Gasteiger partial charge in [-0.1, -0.05) is 17.7 Å². The van der Waals surface area contributed by atoms with Gasteiger partial charge in [-0.3, -0.25) is 19.7 Å². The maximum absolute atomic E-state index is 12.4. The molecule has 3 rings (SSSR count). The maximum Gasteiger partial charge on any atom is 0.308 e. The first-order chi connectivity index (χ1) is 13.9. The van der Waals surface area contributed by atoms with Gasteiger partial charge in [-0.15, -0.1) is 0 Å². The maximum atomic E-state index is 12.4. The average molecular weight is 440 g/mol. The van der Waals surface area contributed by atoms with E-state index in [2.05, 4.69) is 10.6 Å². The molecule has 0 aliphatic carbocycles. The van der Waals surface area contributed by atoms with Gasteiger partial charge in [0.05, 0.1) is 12.5 Å². The summed E-state index contributed by atoms with van der Waals surface area (Å²) in [5.74, 6) is -1.30. The molecule has 0 aromatic heterocycles. The van der Waals surface area contributed by atoms with Crippen molar-refractivity contribution in [2.24, 2.45) is 0 Å². The van der Waals surface area contributed by atoms with Crippen LogP contribution in [-0.4, -0.2) is 66.2 Å². The first-order valence-corrected chi connectivity index (χ1v) is 10.1. The van der Waals surface area contributed by atoms with E-state index < -0.39 is 17.9 Å². The zero-order valence-corrected chi connectivity index (χ0v) is 17.3. The summed E-state index contributed by atoms with van der Waals surface area (Å²) in [5.41, 5.74) is 0.342. The smallest absolute Gasteiger partial charge is 0.308 e. The van der Waals surface area contributed by atoms with Crippen molar-refractivity contribution in [2.45, 2.75) is 31.4 Å². The molecule has 2 atom stereocenters. The Bertz CT molecular complexity index is 800. The van der Waals surface area contributed by atoms with Crippen LogP contribution >= 0.6 is 23.8 Å². The third kappa shape index (κ3) is 5.88. The topological polar surface area (TPSA) is 97.0 Å². The SMILES string of the molecule is O=C(C[C@H]1C(=O)NCCN1C(=S)NC(=O)c1cccc(Cl)c1)OC[C@@H]1CCCO1. The van der Waals surface area contributed by atoms with Gasteiger partial charge in [-0.2, -0.15) is 0 Å². The quantitative estimate of drug-likeness (QED) is 0.526. The van der Waals surface area contributed by atoms with Crippen LogP contribution in [0.15, 0.2) is 24.3 Å². The summed E-state index contributed by atoms with van der Waals surface area (Å²) in [6.07, 6.45) is 1.53. The Morgan fingerprint density at radius 1 is 1.41 bits per heavy atom.